The van der Waals surface area contributed by atoms with E-state index in [1.807, 2.05) is 6.08 Å². The molecule has 4 heteroatoms. The van der Waals surface area contributed by atoms with Crippen LogP contribution in [-0.2, 0) is 4.79 Å². The van der Waals surface area contributed by atoms with Gasteiger partial charge in [-0.3, -0.25) is 4.79 Å². The maximum Gasteiger partial charge on any atom is 0.220 e. The van der Waals surface area contributed by atoms with Crippen molar-refractivity contribution in [3.8, 4) is 0 Å². The van der Waals surface area contributed by atoms with E-state index in [1.54, 1.807) is 6.08 Å². The molecule has 4 nitrogen and oxygen atoms in total. The van der Waals surface area contributed by atoms with Crippen LogP contribution in [-0.4, -0.2) is 34.9 Å². The molecule has 0 heterocycles. The fourth-order valence-electron chi connectivity index (χ4n) is 8.07. The first-order chi connectivity index (χ1) is 28.7. The van der Waals surface area contributed by atoms with Crippen LogP contribution in [0.2, 0.25) is 0 Å². The molecule has 0 radical (unpaired) electrons. The molecule has 0 aromatic heterocycles. The minimum atomic E-state index is -0.864. The number of nitrogens with one attached hydrogen (secondary N) is 1. The summed E-state index contributed by atoms with van der Waals surface area (Å²) in [5.41, 5.74) is 0. The van der Waals surface area contributed by atoms with Crippen molar-refractivity contribution in [1.82, 2.24) is 5.32 Å². The van der Waals surface area contributed by atoms with E-state index < -0.39 is 12.1 Å². The van der Waals surface area contributed by atoms with Crippen LogP contribution < -0.4 is 5.32 Å². The average Bonchev–Trinajstić information content (AvgIpc) is 3.23. The molecule has 0 spiro atoms. The predicted molar refractivity (Wildman–Crippen MR) is 258 cm³/mol. The van der Waals surface area contributed by atoms with E-state index in [0.29, 0.717) is 6.42 Å². The number of aliphatic hydroxyl groups is 2. The van der Waals surface area contributed by atoms with Crippen molar-refractivity contribution in [3.63, 3.8) is 0 Å². The van der Waals surface area contributed by atoms with Gasteiger partial charge in [0.1, 0.15) is 0 Å². The van der Waals surface area contributed by atoms with E-state index >= 15 is 0 Å². The molecule has 3 N–H and O–H groups in total. The van der Waals surface area contributed by atoms with Crippen LogP contribution >= 0.6 is 0 Å². The number of amides is 1. The van der Waals surface area contributed by atoms with Crippen molar-refractivity contribution in [2.24, 2.45) is 0 Å². The van der Waals surface area contributed by atoms with Crippen LogP contribution in [0.25, 0.3) is 0 Å². The Morgan fingerprint density at radius 2 is 0.672 bits per heavy atom. The summed E-state index contributed by atoms with van der Waals surface area (Å²) >= 11 is 0. The van der Waals surface area contributed by atoms with E-state index in [9.17, 15) is 15.0 Å². The quantitative estimate of drug-likeness (QED) is 0.0423. The fraction of sp³-hybridized carbons (Fsp3) is 0.870. The summed E-state index contributed by atoms with van der Waals surface area (Å²) in [5, 5.41) is 23.1. The summed E-state index contributed by atoms with van der Waals surface area (Å²) in [7, 11) is 0. The zero-order valence-electron chi connectivity index (χ0n) is 39.3. The number of rotatable bonds is 48. The van der Waals surface area contributed by atoms with E-state index in [0.717, 1.165) is 32.1 Å². The summed E-state index contributed by atoms with van der Waals surface area (Å²) in [6, 6.07) is -0.641. The number of aliphatic hydroxyl groups excluding tert-OH is 2. The minimum Gasteiger partial charge on any atom is -0.394 e. The third-order valence-corrected chi connectivity index (χ3v) is 12.1. The molecule has 0 fully saturated rings. The zero-order chi connectivity index (χ0) is 42.1. The third-order valence-electron chi connectivity index (χ3n) is 12.1. The zero-order valence-corrected chi connectivity index (χ0v) is 39.3. The average molecular weight is 814 g/mol. The second-order valence-electron chi connectivity index (χ2n) is 17.9. The molecule has 0 bridgehead atoms. The van der Waals surface area contributed by atoms with Gasteiger partial charge in [-0.05, 0) is 57.8 Å². The first-order valence-electron chi connectivity index (χ1n) is 26.2. The molecule has 0 saturated carbocycles. The highest BCUT2D eigenvalue weighted by atomic mass is 16.3. The van der Waals surface area contributed by atoms with Crippen LogP contribution in [0.5, 0.6) is 0 Å². The summed E-state index contributed by atoms with van der Waals surface area (Å²) in [6.45, 7) is 4.31. The Hall–Kier alpha value is -1.39. The van der Waals surface area contributed by atoms with Gasteiger partial charge in [-0.1, -0.05) is 256 Å². The monoisotopic (exact) mass is 814 g/mol. The van der Waals surface area contributed by atoms with Gasteiger partial charge in [-0.2, -0.15) is 0 Å². The summed E-state index contributed by atoms with van der Waals surface area (Å²) in [5.74, 6) is -0.0762. The first-order valence-corrected chi connectivity index (χ1v) is 26.2. The van der Waals surface area contributed by atoms with Gasteiger partial charge in [-0.15, -0.1) is 0 Å². The van der Waals surface area contributed by atoms with Crippen LogP contribution in [0.1, 0.15) is 284 Å². The number of hydrogen-bond donors (Lipinski definition) is 3. The lowest BCUT2D eigenvalue weighted by Gasteiger charge is -2.19. The Kier molecular flexibility index (Phi) is 48.8. The van der Waals surface area contributed by atoms with Crippen LogP contribution in [0, 0.1) is 0 Å². The maximum absolute atomic E-state index is 12.4. The van der Waals surface area contributed by atoms with Gasteiger partial charge in [0.25, 0.3) is 0 Å². The molecule has 2 atom stereocenters. The van der Waals surface area contributed by atoms with Crippen molar-refractivity contribution in [2.45, 2.75) is 296 Å². The molecule has 1 amide bonds. The van der Waals surface area contributed by atoms with Gasteiger partial charge in [0.15, 0.2) is 0 Å². The summed E-state index contributed by atoms with van der Waals surface area (Å²) in [4.78, 5) is 12.4. The molecule has 0 saturated heterocycles. The highest BCUT2D eigenvalue weighted by molar-refractivity contribution is 5.76. The maximum atomic E-state index is 12.4. The molecule has 0 aliphatic rings. The van der Waals surface area contributed by atoms with E-state index in [1.165, 1.54) is 231 Å². The SMILES string of the molecule is CCCCCCCC/C=C\CCCCCCCCCC(=O)NC(CO)C(O)/C=C/CC/C=C/CCCCCCCCCCCCCCCCCCCCCCCCC. The number of hydrogen-bond acceptors (Lipinski definition) is 3. The van der Waals surface area contributed by atoms with Gasteiger partial charge in [0.2, 0.25) is 5.91 Å². The van der Waals surface area contributed by atoms with E-state index in [2.05, 4.69) is 43.5 Å². The third kappa shape index (κ3) is 45.7. The van der Waals surface area contributed by atoms with Crippen LogP contribution in [0.15, 0.2) is 36.5 Å². The molecule has 0 aromatic rings. The second kappa shape index (κ2) is 50.0. The Labute approximate surface area is 363 Å². The number of allylic oxidation sites excluding steroid dienone is 5. The topological polar surface area (TPSA) is 69.6 Å². The van der Waals surface area contributed by atoms with Crippen molar-refractivity contribution in [2.75, 3.05) is 6.61 Å². The highest BCUT2D eigenvalue weighted by Gasteiger charge is 2.17. The van der Waals surface area contributed by atoms with Crippen LogP contribution in [0.3, 0.4) is 0 Å². The lowest BCUT2D eigenvalue weighted by atomic mass is 10.0. The molecular weight excluding hydrogens is 711 g/mol. The summed E-state index contributed by atoms with van der Waals surface area (Å²) in [6.07, 6.45) is 67.2. The number of carbonyl (C=O) groups is 1. The Balaban J connectivity index is 3.52. The number of carbonyl (C=O) groups excluding carboxylic acids is 1. The standard InChI is InChI=1S/C54H103NO3/c1-3-5-7-9-11-13-15-17-19-21-22-23-24-25-26-27-28-29-30-31-32-34-35-37-39-41-43-45-47-49-53(57)52(51-56)55-54(58)50-48-46-44-42-40-38-36-33-20-18-16-14-12-10-8-6-4-2/h18,20,39,41,47,49,52-53,56-57H,3-17,19,21-38,40,42-46,48,50-51H2,1-2H3,(H,55,58)/b20-18-,41-39+,49-47+. The van der Waals surface area contributed by atoms with E-state index in [4.69, 9.17) is 0 Å². The predicted octanol–water partition coefficient (Wildman–Crippen LogP) is 16.9. The molecule has 0 aliphatic carbocycles. The van der Waals surface area contributed by atoms with Crippen molar-refractivity contribution in [1.29, 1.82) is 0 Å². The lowest BCUT2D eigenvalue weighted by molar-refractivity contribution is -0.123. The van der Waals surface area contributed by atoms with Gasteiger partial charge in [0, 0.05) is 6.42 Å². The Morgan fingerprint density at radius 3 is 1.00 bits per heavy atom. The van der Waals surface area contributed by atoms with Crippen LogP contribution in [0.4, 0.5) is 0 Å². The van der Waals surface area contributed by atoms with Crippen molar-refractivity contribution >= 4 is 5.91 Å². The Morgan fingerprint density at radius 1 is 0.397 bits per heavy atom. The fourth-order valence-corrected chi connectivity index (χ4v) is 8.07. The van der Waals surface area contributed by atoms with Crippen molar-refractivity contribution < 1.29 is 15.0 Å². The lowest BCUT2D eigenvalue weighted by Crippen LogP contribution is -2.45. The minimum absolute atomic E-state index is 0.0762. The molecule has 0 rings (SSSR count). The van der Waals surface area contributed by atoms with E-state index in [-0.39, 0.29) is 12.5 Å². The van der Waals surface area contributed by atoms with Gasteiger partial charge >= 0.3 is 0 Å². The molecule has 58 heavy (non-hydrogen) atoms. The normalized spacial score (nSPS) is 13.1. The van der Waals surface area contributed by atoms with Gasteiger partial charge < -0.3 is 15.5 Å². The van der Waals surface area contributed by atoms with Gasteiger partial charge in [-0.25, -0.2) is 0 Å². The summed E-state index contributed by atoms with van der Waals surface area (Å²) < 4.78 is 0. The Bertz CT molecular complexity index is 882. The second-order valence-corrected chi connectivity index (χ2v) is 17.9. The van der Waals surface area contributed by atoms with Gasteiger partial charge in [0.05, 0.1) is 18.8 Å². The highest BCUT2D eigenvalue weighted by Crippen LogP contribution is 2.16. The molecule has 0 aliphatic heterocycles. The molecule has 342 valence electrons. The first kappa shape index (κ1) is 56.6. The molecular formula is C54H103NO3. The molecule has 0 aromatic carbocycles. The molecule has 2 unspecified atom stereocenters. The number of unbranched alkanes of at least 4 members (excludes halogenated alkanes) is 37. The smallest absolute Gasteiger partial charge is 0.220 e. The largest absolute Gasteiger partial charge is 0.394 e. The van der Waals surface area contributed by atoms with Crippen molar-refractivity contribution in [3.05, 3.63) is 36.5 Å².